The Hall–Kier alpha value is -5.99. The summed E-state index contributed by atoms with van der Waals surface area (Å²) in [6, 6.07) is 2.22. The largest absolute Gasteiger partial charge is 0.296 e. The lowest BCUT2D eigenvalue weighted by Crippen LogP contribution is -1.99. The van der Waals surface area contributed by atoms with Gasteiger partial charge < -0.3 is 0 Å². The zero-order valence-electron chi connectivity index (χ0n) is 46.2. The van der Waals surface area contributed by atoms with Crippen LogP contribution in [0.3, 0.4) is 0 Å². The molecule has 0 unspecified atom stereocenters. The van der Waals surface area contributed by atoms with E-state index in [2.05, 4.69) is 4.98 Å². The van der Waals surface area contributed by atoms with Crippen LogP contribution < -0.4 is 0 Å². The molecule has 0 aliphatic rings. The Morgan fingerprint density at radius 1 is 0.596 bits per heavy atom. The van der Waals surface area contributed by atoms with E-state index in [1.54, 1.807) is 54.6 Å². The van der Waals surface area contributed by atoms with E-state index in [1.807, 2.05) is 0 Å². The Balaban J connectivity index is 1.44. The van der Waals surface area contributed by atoms with Crippen LogP contribution in [0.5, 0.6) is 0 Å². The van der Waals surface area contributed by atoms with Gasteiger partial charge in [-0.05, 0) is 102 Å². The van der Waals surface area contributed by atoms with Gasteiger partial charge in [0.2, 0.25) is 0 Å². The van der Waals surface area contributed by atoms with Gasteiger partial charge in [0.05, 0.1) is 34.3 Å². The van der Waals surface area contributed by atoms with E-state index in [-0.39, 0.29) is 17.0 Å². The highest BCUT2D eigenvalue weighted by Gasteiger charge is 2.18. The highest BCUT2D eigenvalue weighted by atomic mass is 15.1. The van der Waals surface area contributed by atoms with Gasteiger partial charge >= 0.3 is 0 Å². The van der Waals surface area contributed by atoms with Crippen molar-refractivity contribution in [2.75, 3.05) is 0 Å². The van der Waals surface area contributed by atoms with Gasteiger partial charge in [0.15, 0.2) is 0 Å². The van der Waals surface area contributed by atoms with Gasteiger partial charge in [0.25, 0.3) is 0 Å². The van der Waals surface area contributed by atoms with Crippen molar-refractivity contribution in [3.63, 3.8) is 0 Å². The standard InChI is InChI=1S/C45H32N2/c1-2-43-46-41-19-11-12-20-42(41)47(43)36-25-23-33-27-32(21-22-34(33)28-36)35-24-26-39-40(29-35)45(31-15-7-4-8-16-31)38-18-10-9-17-37(38)44(39)30-13-5-3-6-14-30/h3-29H,2H2,1H3/i1D3,2D2,3D,4D,5D,6D,7D,8D,9D,10D,13D,14D,15D,16D,17D,18D,24D,26D,29D. The molecule has 0 saturated carbocycles. The van der Waals surface area contributed by atoms with Gasteiger partial charge in [-0.2, -0.15) is 0 Å². The van der Waals surface area contributed by atoms with E-state index in [0.29, 0.717) is 27.5 Å². The molecule has 0 saturated heterocycles. The van der Waals surface area contributed by atoms with Crippen LogP contribution in [-0.4, -0.2) is 9.55 Å². The van der Waals surface area contributed by atoms with E-state index < -0.39 is 160 Å². The monoisotopic (exact) mass is 622 g/mol. The maximum atomic E-state index is 9.98. The van der Waals surface area contributed by atoms with Crippen molar-refractivity contribution < 1.29 is 30.2 Å². The molecule has 0 fully saturated rings. The Labute approximate surface area is 305 Å². The molecule has 0 atom stereocenters. The molecule has 2 heteroatoms. The number of nitrogens with zero attached hydrogens (tertiary/aromatic N) is 2. The molecular weight excluding hydrogens is 569 g/mol. The van der Waals surface area contributed by atoms with Crippen LogP contribution >= 0.6 is 0 Å². The van der Waals surface area contributed by atoms with Gasteiger partial charge in [-0.25, -0.2) is 4.98 Å². The summed E-state index contributed by atoms with van der Waals surface area (Å²) in [5.41, 5.74) is -1.39. The Morgan fingerprint density at radius 2 is 1.23 bits per heavy atom. The molecule has 8 aromatic carbocycles. The summed E-state index contributed by atoms with van der Waals surface area (Å²) in [4.78, 5) is 4.38. The number of hydrogen-bond acceptors (Lipinski definition) is 1. The molecule has 9 rings (SSSR count). The second-order valence-electron chi connectivity index (χ2n) is 10.6. The number of rotatable bonds is 5. The van der Waals surface area contributed by atoms with E-state index in [4.69, 9.17) is 23.3 Å². The summed E-state index contributed by atoms with van der Waals surface area (Å²) in [7, 11) is 0. The summed E-state index contributed by atoms with van der Waals surface area (Å²) in [5, 5.41) is -1.16. The molecule has 0 aliphatic heterocycles. The molecule has 0 bridgehead atoms. The van der Waals surface area contributed by atoms with Gasteiger partial charge in [-0.15, -0.1) is 0 Å². The number of fused-ring (bicyclic) bond motifs is 4. The van der Waals surface area contributed by atoms with Crippen molar-refractivity contribution in [1.82, 2.24) is 9.55 Å². The Kier molecular flexibility index (Phi) is 3.08. The van der Waals surface area contributed by atoms with Crippen molar-refractivity contribution in [1.29, 1.82) is 0 Å². The average Bonchev–Trinajstić information content (AvgIpc) is 3.72. The quantitative estimate of drug-likeness (QED) is 0.175. The third-order valence-corrected chi connectivity index (χ3v) is 8.04. The van der Waals surface area contributed by atoms with Gasteiger partial charge in [-0.1, -0.05) is 134 Å². The molecule has 222 valence electrons. The molecule has 0 amide bonds. The fourth-order valence-electron chi connectivity index (χ4n) is 6.01. The molecule has 9 aromatic rings. The minimum absolute atomic E-state index is 0.125. The lowest BCUT2D eigenvalue weighted by molar-refractivity contribution is 0.909. The summed E-state index contributed by atoms with van der Waals surface area (Å²) in [6.07, 6.45) is -2.89. The normalized spacial score (nSPS) is 18.8. The summed E-state index contributed by atoms with van der Waals surface area (Å²) >= 11 is 0. The molecular formula is C45H32N2. The zero-order valence-corrected chi connectivity index (χ0v) is 24.2. The second kappa shape index (κ2) is 11.1. The number of para-hydroxylation sites is 2. The topological polar surface area (TPSA) is 17.8 Å². The first kappa shape index (κ1) is 13.0. The van der Waals surface area contributed by atoms with Crippen LogP contribution in [0.4, 0.5) is 0 Å². The van der Waals surface area contributed by atoms with E-state index in [1.165, 1.54) is 10.6 Å². The molecule has 1 aromatic heterocycles. The maximum absolute atomic E-state index is 9.98. The fourth-order valence-corrected chi connectivity index (χ4v) is 6.01. The minimum atomic E-state index is -3.10. The van der Waals surface area contributed by atoms with Crippen molar-refractivity contribution >= 4 is 43.4 Å². The van der Waals surface area contributed by atoms with Crippen LogP contribution in [0.25, 0.3) is 82.4 Å². The van der Waals surface area contributed by atoms with Crippen LogP contribution in [0.2, 0.25) is 0 Å². The fraction of sp³-hybridized carbons (Fsp3) is 0.0444. The number of benzene rings is 8. The zero-order chi connectivity index (χ0) is 50.4. The van der Waals surface area contributed by atoms with Crippen molar-refractivity contribution in [3.8, 4) is 39.1 Å². The number of imidazole rings is 1. The predicted octanol–water partition coefficient (Wildman–Crippen LogP) is 12.0. The third-order valence-electron chi connectivity index (χ3n) is 8.04. The van der Waals surface area contributed by atoms with E-state index >= 15 is 0 Å². The molecule has 0 radical (unpaired) electrons. The number of hydrogen-bond donors (Lipinski definition) is 0. The molecule has 2 nitrogen and oxygen atoms in total. The molecule has 0 aliphatic carbocycles. The Bertz CT molecular complexity index is 3720. The van der Waals surface area contributed by atoms with Crippen LogP contribution in [0.15, 0.2) is 163 Å². The summed E-state index contributed by atoms with van der Waals surface area (Å²) in [6.45, 7) is -3.10. The molecule has 0 spiro atoms. The van der Waals surface area contributed by atoms with Crippen molar-refractivity contribution in [2.24, 2.45) is 0 Å². The Morgan fingerprint density at radius 3 is 1.98 bits per heavy atom. The van der Waals surface area contributed by atoms with Crippen LogP contribution in [0, 0.1) is 0 Å². The van der Waals surface area contributed by atoms with Crippen LogP contribution in [-0.2, 0) is 6.37 Å². The first-order chi connectivity index (χ1) is 32.3. The third kappa shape index (κ3) is 4.53. The lowest BCUT2D eigenvalue weighted by Gasteiger charge is -2.19. The first-order valence-corrected chi connectivity index (χ1v) is 14.4. The highest BCUT2D eigenvalue weighted by Crippen LogP contribution is 2.44. The van der Waals surface area contributed by atoms with E-state index in [9.17, 15) is 6.85 Å². The van der Waals surface area contributed by atoms with Gasteiger partial charge in [-0.3, -0.25) is 4.57 Å². The maximum Gasteiger partial charge on any atom is 0.114 e. The second-order valence-corrected chi connectivity index (χ2v) is 10.6. The van der Waals surface area contributed by atoms with E-state index in [0.717, 1.165) is 0 Å². The predicted molar refractivity (Wildman–Crippen MR) is 199 cm³/mol. The number of aromatic nitrogens is 2. The SMILES string of the molecule is [2H]c1c([2H])c([2H])c(-c2c3c([2H])c([2H])c([2H])c([2H])c3c(-c3c([2H])c([2H])c([2H])c([2H])c3[2H])c3c([2H])c(-c4ccc5cc(-n6c(C([2H])([2H])C([2H])([2H])[2H])nc7ccccc76)ccc5c4)c([2H])c([2H])c23)c([2H])c1[2H]. The summed E-state index contributed by atoms with van der Waals surface area (Å²) in [5.74, 6) is -0.369. The molecule has 0 N–H and O–H groups in total. The van der Waals surface area contributed by atoms with Gasteiger partial charge in [0, 0.05) is 18.9 Å². The minimum Gasteiger partial charge on any atom is -0.296 e. The number of aryl methyl sites for hydroxylation is 1. The first-order valence-electron chi connectivity index (χ1n) is 25.4. The molecule has 1 heterocycles. The van der Waals surface area contributed by atoms with Gasteiger partial charge in [0.1, 0.15) is 5.82 Å². The van der Waals surface area contributed by atoms with Crippen LogP contribution in [0.1, 0.15) is 42.8 Å². The smallest absolute Gasteiger partial charge is 0.114 e. The average molecular weight is 623 g/mol. The molecule has 47 heavy (non-hydrogen) atoms. The lowest BCUT2D eigenvalue weighted by atomic mass is 9.85. The van der Waals surface area contributed by atoms with Crippen molar-refractivity contribution in [3.05, 3.63) is 169 Å². The van der Waals surface area contributed by atoms with Crippen molar-refractivity contribution in [2.45, 2.75) is 13.2 Å². The summed E-state index contributed by atoms with van der Waals surface area (Å²) < 4.78 is 195. The highest BCUT2D eigenvalue weighted by molar-refractivity contribution is 6.22.